The Morgan fingerprint density at radius 3 is 2.40 bits per heavy atom. The molecule has 0 saturated carbocycles. The normalized spacial score (nSPS) is 13.7. The van der Waals surface area contributed by atoms with Crippen LogP contribution in [0, 0.1) is 5.41 Å². The number of nitrogens with one attached hydrogen (secondary N) is 1. The fourth-order valence-electron chi connectivity index (χ4n) is 1.30. The third-order valence-corrected chi connectivity index (χ3v) is 2.49. The van der Waals surface area contributed by atoms with Gasteiger partial charge in [0.25, 0.3) is 0 Å². The highest BCUT2D eigenvalue weighted by atomic mass is 16.3. The minimum atomic E-state index is -0.169. The zero-order valence-electron chi connectivity index (χ0n) is 10.5. The maximum absolute atomic E-state index is 11.5. The second-order valence-corrected chi connectivity index (χ2v) is 4.97. The molecule has 4 nitrogen and oxygen atoms in total. The molecule has 0 aromatic heterocycles. The fraction of sp³-hybridized carbons (Fsp3) is 0.909. The lowest BCUT2D eigenvalue weighted by atomic mass is 9.89. The van der Waals surface area contributed by atoms with Gasteiger partial charge in [-0.3, -0.25) is 4.79 Å². The first kappa shape index (κ1) is 14.4. The van der Waals surface area contributed by atoms with E-state index >= 15 is 0 Å². The van der Waals surface area contributed by atoms with E-state index in [0.717, 1.165) is 13.0 Å². The number of rotatable bonds is 6. The maximum Gasteiger partial charge on any atom is 0.238 e. The molecule has 0 radical (unpaired) electrons. The van der Waals surface area contributed by atoms with Crippen LogP contribution in [-0.4, -0.2) is 49.2 Å². The molecule has 90 valence electrons. The van der Waals surface area contributed by atoms with Crippen molar-refractivity contribution in [3.63, 3.8) is 0 Å². The third-order valence-electron chi connectivity index (χ3n) is 2.49. The van der Waals surface area contributed by atoms with E-state index in [-0.39, 0.29) is 24.0 Å². The minimum Gasteiger partial charge on any atom is -0.396 e. The first-order valence-corrected chi connectivity index (χ1v) is 5.35. The third kappa shape index (κ3) is 5.74. The van der Waals surface area contributed by atoms with Crippen LogP contribution >= 0.6 is 0 Å². The number of carbonyl (C=O) groups excluding carboxylic acids is 1. The zero-order chi connectivity index (χ0) is 12.1. The summed E-state index contributed by atoms with van der Waals surface area (Å²) < 4.78 is 0. The van der Waals surface area contributed by atoms with E-state index < -0.39 is 0 Å². The molecule has 0 bridgehead atoms. The topological polar surface area (TPSA) is 52.6 Å². The summed E-state index contributed by atoms with van der Waals surface area (Å²) in [6.07, 6.45) is 0.739. The zero-order valence-corrected chi connectivity index (χ0v) is 10.5. The van der Waals surface area contributed by atoms with Gasteiger partial charge >= 0.3 is 0 Å². The summed E-state index contributed by atoms with van der Waals surface area (Å²) in [6, 6.07) is -0.169. The highest BCUT2D eigenvalue weighted by Crippen LogP contribution is 2.18. The molecule has 1 amide bonds. The first-order valence-electron chi connectivity index (χ1n) is 5.35. The van der Waals surface area contributed by atoms with E-state index in [2.05, 4.69) is 19.2 Å². The average molecular weight is 216 g/mol. The van der Waals surface area contributed by atoms with Crippen LogP contribution < -0.4 is 5.32 Å². The van der Waals surface area contributed by atoms with Crippen molar-refractivity contribution in [2.24, 2.45) is 5.41 Å². The summed E-state index contributed by atoms with van der Waals surface area (Å²) in [5.41, 5.74) is 0.0234. The molecular formula is C11H24N2O2. The van der Waals surface area contributed by atoms with Gasteiger partial charge in [0.15, 0.2) is 0 Å². The maximum atomic E-state index is 11.5. The Hall–Kier alpha value is -0.610. The van der Waals surface area contributed by atoms with Crippen LogP contribution in [-0.2, 0) is 4.79 Å². The van der Waals surface area contributed by atoms with Crippen molar-refractivity contribution in [2.45, 2.75) is 33.2 Å². The summed E-state index contributed by atoms with van der Waals surface area (Å²) in [5, 5.41) is 12.0. The van der Waals surface area contributed by atoms with Gasteiger partial charge in [-0.2, -0.15) is 0 Å². The standard InChI is InChI=1S/C11H24N2O2/c1-9(10(15)13(4)5)12-8-11(2,3)6-7-14/h9,12,14H,6-8H2,1-5H3. The highest BCUT2D eigenvalue weighted by molar-refractivity contribution is 5.80. The summed E-state index contributed by atoms with van der Waals surface area (Å²) in [4.78, 5) is 13.1. The lowest BCUT2D eigenvalue weighted by molar-refractivity contribution is -0.130. The molecule has 0 heterocycles. The Morgan fingerprint density at radius 2 is 2.00 bits per heavy atom. The van der Waals surface area contributed by atoms with Crippen molar-refractivity contribution < 1.29 is 9.90 Å². The fourth-order valence-corrected chi connectivity index (χ4v) is 1.30. The summed E-state index contributed by atoms with van der Waals surface area (Å²) >= 11 is 0. The second-order valence-electron chi connectivity index (χ2n) is 4.97. The van der Waals surface area contributed by atoms with Crippen molar-refractivity contribution in [2.75, 3.05) is 27.2 Å². The molecule has 2 N–H and O–H groups in total. The van der Waals surface area contributed by atoms with Crippen LogP contribution in [0.15, 0.2) is 0 Å². The van der Waals surface area contributed by atoms with Crippen LogP contribution in [0.5, 0.6) is 0 Å². The lowest BCUT2D eigenvalue weighted by Gasteiger charge is -2.27. The molecule has 1 atom stereocenters. The smallest absolute Gasteiger partial charge is 0.238 e. The van der Waals surface area contributed by atoms with Crippen LogP contribution in [0.3, 0.4) is 0 Å². The van der Waals surface area contributed by atoms with Gasteiger partial charge in [0, 0.05) is 27.2 Å². The lowest BCUT2D eigenvalue weighted by Crippen LogP contribution is -2.45. The molecule has 0 aromatic carbocycles. The molecule has 0 spiro atoms. The van der Waals surface area contributed by atoms with E-state index in [1.165, 1.54) is 0 Å². The molecule has 0 fully saturated rings. The van der Waals surface area contributed by atoms with E-state index in [1.54, 1.807) is 19.0 Å². The molecular weight excluding hydrogens is 192 g/mol. The highest BCUT2D eigenvalue weighted by Gasteiger charge is 2.20. The van der Waals surface area contributed by atoms with Gasteiger partial charge in [-0.05, 0) is 18.8 Å². The van der Waals surface area contributed by atoms with Crippen LogP contribution in [0.2, 0.25) is 0 Å². The number of aliphatic hydroxyl groups excluding tert-OH is 1. The molecule has 1 unspecified atom stereocenters. The Labute approximate surface area is 92.7 Å². The number of aliphatic hydroxyl groups is 1. The number of likely N-dealkylation sites (N-methyl/N-ethyl adjacent to an activating group) is 1. The van der Waals surface area contributed by atoms with Crippen molar-refractivity contribution in [1.82, 2.24) is 10.2 Å². The molecule has 15 heavy (non-hydrogen) atoms. The van der Waals surface area contributed by atoms with Crippen molar-refractivity contribution in [3.05, 3.63) is 0 Å². The van der Waals surface area contributed by atoms with Gasteiger partial charge in [-0.15, -0.1) is 0 Å². The summed E-state index contributed by atoms with van der Waals surface area (Å²) in [6.45, 7) is 6.92. The Morgan fingerprint density at radius 1 is 1.47 bits per heavy atom. The van der Waals surface area contributed by atoms with Crippen molar-refractivity contribution >= 4 is 5.91 Å². The van der Waals surface area contributed by atoms with Crippen LogP contribution in [0.1, 0.15) is 27.2 Å². The quantitative estimate of drug-likeness (QED) is 0.678. The number of hydrogen-bond donors (Lipinski definition) is 2. The molecule has 0 aliphatic carbocycles. The number of carbonyl (C=O) groups is 1. The molecule has 0 saturated heterocycles. The average Bonchev–Trinajstić information content (AvgIpc) is 2.13. The van der Waals surface area contributed by atoms with Gasteiger partial charge in [0.05, 0.1) is 6.04 Å². The van der Waals surface area contributed by atoms with Crippen molar-refractivity contribution in [3.8, 4) is 0 Å². The van der Waals surface area contributed by atoms with E-state index in [4.69, 9.17) is 5.11 Å². The molecule has 0 aliphatic heterocycles. The predicted octanol–water partition coefficient (Wildman–Crippen LogP) is 0.461. The van der Waals surface area contributed by atoms with Gasteiger partial charge < -0.3 is 15.3 Å². The Kier molecular flexibility index (Phi) is 5.83. The van der Waals surface area contributed by atoms with Crippen LogP contribution in [0.25, 0.3) is 0 Å². The molecule has 0 aliphatic rings. The van der Waals surface area contributed by atoms with E-state index in [0.29, 0.717) is 0 Å². The molecule has 0 rings (SSSR count). The van der Waals surface area contributed by atoms with E-state index in [1.807, 2.05) is 6.92 Å². The van der Waals surface area contributed by atoms with Gasteiger partial charge in [0.1, 0.15) is 0 Å². The van der Waals surface area contributed by atoms with Gasteiger partial charge in [-0.1, -0.05) is 13.8 Å². The monoisotopic (exact) mass is 216 g/mol. The van der Waals surface area contributed by atoms with Gasteiger partial charge in [0.2, 0.25) is 5.91 Å². The Balaban J connectivity index is 3.99. The molecule has 4 heteroatoms. The van der Waals surface area contributed by atoms with E-state index in [9.17, 15) is 4.79 Å². The van der Waals surface area contributed by atoms with Crippen molar-refractivity contribution in [1.29, 1.82) is 0 Å². The summed E-state index contributed by atoms with van der Waals surface area (Å²) in [5.74, 6) is 0.0785. The van der Waals surface area contributed by atoms with Crippen LogP contribution in [0.4, 0.5) is 0 Å². The second kappa shape index (κ2) is 6.08. The number of amides is 1. The molecule has 0 aromatic rings. The summed E-state index contributed by atoms with van der Waals surface area (Å²) in [7, 11) is 3.50. The minimum absolute atomic E-state index is 0.0234. The predicted molar refractivity (Wildman–Crippen MR) is 61.6 cm³/mol. The Bertz CT molecular complexity index is 203. The number of hydrogen-bond acceptors (Lipinski definition) is 3. The first-order chi connectivity index (χ1) is 6.80. The largest absolute Gasteiger partial charge is 0.396 e. The van der Waals surface area contributed by atoms with Gasteiger partial charge in [-0.25, -0.2) is 0 Å². The number of nitrogens with zero attached hydrogens (tertiary/aromatic N) is 1. The SMILES string of the molecule is CC(NCC(C)(C)CCO)C(=O)N(C)C.